The van der Waals surface area contributed by atoms with E-state index in [0.29, 0.717) is 55.5 Å². The van der Waals surface area contributed by atoms with Gasteiger partial charge in [0.2, 0.25) is 0 Å². The second kappa shape index (κ2) is 21.3. The van der Waals surface area contributed by atoms with Crippen LogP contribution in [0.5, 0.6) is 0 Å². The van der Waals surface area contributed by atoms with E-state index in [1.807, 2.05) is 0 Å². The maximum atomic E-state index is 11.8. The fourth-order valence-corrected chi connectivity index (χ4v) is 16.0. The van der Waals surface area contributed by atoms with Crippen LogP contribution in [0.1, 0.15) is 85.5 Å². The predicted molar refractivity (Wildman–Crippen MR) is 244 cm³/mol. The van der Waals surface area contributed by atoms with Crippen LogP contribution in [-0.4, -0.2) is 240 Å². The number of fused-ring (bicyclic) bond motifs is 7. The highest BCUT2D eigenvalue weighted by molar-refractivity contribution is 5.16. The van der Waals surface area contributed by atoms with Gasteiger partial charge in [0.05, 0.1) is 45.2 Å². The Morgan fingerprint density at radius 1 is 0.521 bits per heavy atom. The molecule has 6 heterocycles. The molecule has 32 atom stereocenters. The van der Waals surface area contributed by atoms with E-state index in [4.69, 9.17) is 47.4 Å². The van der Waals surface area contributed by atoms with Crippen molar-refractivity contribution in [1.29, 1.82) is 0 Å². The normalized spacial score (nSPS) is 58.2. The lowest BCUT2D eigenvalue weighted by atomic mass is 9.44. The van der Waals surface area contributed by atoms with E-state index in [1.165, 1.54) is 0 Å². The summed E-state index contributed by atoms with van der Waals surface area (Å²) in [5.74, 6) is 1.60. The molecule has 4 saturated carbocycles. The summed E-state index contributed by atoms with van der Waals surface area (Å²) in [6, 6.07) is 0. The van der Waals surface area contributed by atoms with Gasteiger partial charge in [-0.25, -0.2) is 0 Å². The molecule has 0 aromatic carbocycles. The van der Waals surface area contributed by atoms with Crippen LogP contribution in [0.25, 0.3) is 0 Å². The van der Waals surface area contributed by atoms with Crippen LogP contribution in [-0.2, 0) is 47.4 Å². The zero-order valence-corrected chi connectivity index (χ0v) is 42.0. The topological polar surface area (TPSA) is 355 Å². The lowest BCUT2D eigenvalue weighted by molar-refractivity contribution is -0.404. The van der Waals surface area contributed by atoms with E-state index < -0.39 is 155 Å². The molecule has 73 heavy (non-hydrogen) atoms. The first kappa shape index (κ1) is 55.4. The highest BCUT2D eigenvalue weighted by atomic mass is 16.8. The molecule has 10 rings (SSSR count). The first-order chi connectivity index (χ1) is 34.7. The highest BCUT2D eigenvalue weighted by Crippen LogP contribution is 2.71. The fraction of sp³-hybridized carbons (Fsp3) is 1.00. The third kappa shape index (κ3) is 9.39. The SMILES string of the molecule is C[C@H]1CO[C@@]2(O[C@H]3C[C@H]4[C@@H]5CC[C@H]6C[C@@H](O[C@@H]7O[C@H](CO)[C@H](O[C@@H]8O[C@H](CO)[C@@H](O)[C@H](O[C@@H]9OC[C@@H](O)[C@H](O)[C@H]9O)[C@H]8O[C@@H]8O[C@H](CO)[C@@H](O)[C@H](O)[C@H]8O)[C@H](O)[C@H]7O)CC[C@]6(C)[C@H]5CC[C@]4(C)[C@H]3[C@@H]2C)[C@@H](O)C1. The van der Waals surface area contributed by atoms with Gasteiger partial charge in [-0.1, -0.05) is 27.7 Å². The van der Waals surface area contributed by atoms with Crippen molar-refractivity contribution in [3.63, 3.8) is 0 Å². The molecule has 13 N–H and O–H groups in total. The van der Waals surface area contributed by atoms with E-state index in [9.17, 15) is 66.4 Å². The third-order valence-electron chi connectivity index (χ3n) is 20.0. The maximum Gasteiger partial charge on any atom is 0.197 e. The van der Waals surface area contributed by atoms with E-state index >= 15 is 0 Å². The minimum atomic E-state index is -2.00. The Balaban J connectivity index is 0.812. The Hall–Kier alpha value is -0.920. The summed E-state index contributed by atoms with van der Waals surface area (Å²) in [7, 11) is 0. The van der Waals surface area contributed by atoms with Gasteiger partial charge < -0.3 is 114 Å². The van der Waals surface area contributed by atoms with Crippen molar-refractivity contribution in [3.8, 4) is 0 Å². The number of hydrogen-bond acceptors (Lipinski definition) is 23. The molecule has 4 aliphatic carbocycles. The van der Waals surface area contributed by atoms with Crippen LogP contribution in [0.2, 0.25) is 0 Å². The Morgan fingerprint density at radius 3 is 1.85 bits per heavy atom. The fourth-order valence-electron chi connectivity index (χ4n) is 16.0. The summed E-state index contributed by atoms with van der Waals surface area (Å²) in [6.45, 7) is 6.81. The molecule has 420 valence electrons. The van der Waals surface area contributed by atoms with Crippen molar-refractivity contribution in [3.05, 3.63) is 0 Å². The van der Waals surface area contributed by atoms with Crippen LogP contribution < -0.4 is 0 Å². The van der Waals surface area contributed by atoms with Crippen molar-refractivity contribution in [1.82, 2.24) is 0 Å². The second-order valence-electron chi connectivity index (χ2n) is 24.0. The predicted octanol–water partition coefficient (Wildman–Crippen LogP) is -3.30. The molecule has 6 aliphatic heterocycles. The number of rotatable bonds is 11. The monoisotopic (exact) mass is 1050 g/mol. The number of aliphatic hydroxyl groups excluding tert-OH is 13. The van der Waals surface area contributed by atoms with Crippen LogP contribution >= 0.6 is 0 Å². The van der Waals surface area contributed by atoms with Gasteiger partial charge in [-0.15, -0.1) is 0 Å². The molecular formula is C50H82O23. The minimum absolute atomic E-state index is 0.0461. The smallest absolute Gasteiger partial charge is 0.197 e. The van der Waals surface area contributed by atoms with Gasteiger partial charge in [-0.2, -0.15) is 0 Å². The summed E-state index contributed by atoms with van der Waals surface area (Å²) in [5.41, 5.74) is 0.122. The van der Waals surface area contributed by atoms with Crippen LogP contribution in [0.3, 0.4) is 0 Å². The minimum Gasteiger partial charge on any atom is -0.394 e. The molecule has 10 aliphatic rings. The van der Waals surface area contributed by atoms with Gasteiger partial charge in [-0.3, -0.25) is 0 Å². The Morgan fingerprint density at radius 2 is 1.14 bits per heavy atom. The molecule has 23 nitrogen and oxygen atoms in total. The van der Waals surface area contributed by atoms with Gasteiger partial charge in [0.15, 0.2) is 30.9 Å². The molecule has 0 amide bonds. The second-order valence-corrected chi connectivity index (χ2v) is 24.0. The summed E-state index contributed by atoms with van der Waals surface area (Å²) in [5, 5.41) is 141. The summed E-state index contributed by atoms with van der Waals surface area (Å²) in [6.07, 6.45) is -25.8. The lowest BCUT2D eigenvalue weighted by Gasteiger charge is -2.61. The van der Waals surface area contributed by atoms with Crippen LogP contribution in [0, 0.1) is 52.3 Å². The van der Waals surface area contributed by atoms with Crippen molar-refractivity contribution >= 4 is 0 Å². The van der Waals surface area contributed by atoms with Crippen molar-refractivity contribution in [2.24, 2.45) is 52.3 Å². The molecule has 23 heteroatoms. The van der Waals surface area contributed by atoms with E-state index in [0.717, 1.165) is 38.5 Å². The van der Waals surface area contributed by atoms with Gasteiger partial charge >= 0.3 is 0 Å². The number of ether oxygens (including phenoxy) is 10. The molecule has 0 aromatic rings. The lowest BCUT2D eigenvalue weighted by Crippen LogP contribution is -2.68. The summed E-state index contributed by atoms with van der Waals surface area (Å²) in [4.78, 5) is 0. The molecular weight excluding hydrogens is 969 g/mol. The highest BCUT2D eigenvalue weighted by Gasteiger charge is 2.71. The zero-order valence-electron chi connectivity index (χ0n) is 42.0. The van der Waals surface area contributed by atoms with Gasteiger partial charge in [0.1, 0.15) is 97.7 Å². The zero-order chi connectivity index (χ0) is 52.2. The van der Waals surface area contributed by atoms with Gasteiger partial charge in [-0.05, 0) is 104 Å². The average molecular weight is 1050 g/mol. The molecule has 10 fully saturated rings. The van der Waals surface area contributed by atoms with E-state index in [-0.39, 0.29) is 34.9 Å². The largest absolute Gasteiger partial charge is 0.394 e. The molecule has 1 spiro atoms. The Kier molecular flexibility index (Phi) is 16.1. The summed E-state index contributed by atoms with van der Waals surface area (Å²) < 4.78 is 61.1. The van der Waals surface area contributed by atoms with Gasteiger partial charge in [0, 0.05) is 5.92 Å². The number of aliphatic hydroxyl groups is 13. The molecule has 0 aromatic heterocycles. The first-order valence-corrected chi connectivity index (χ1v) is 26.8. The molecule has 6 saturated heterocycles. The Bertz CT molecular complexity index is 1870. The standard InChI is InChI=1S/C50H82O23/c1-19-11-31(55)50(65-17-19)20(2)32-27(73-50)13-25-23-6-5-21-12-22(7-9-48(21,3)24(23)8-10-49(25,32)4)66-45-40(63)37(60)41(30(16-53)69-45)70-47-43(72-46-39(62)36(59)34(57)28(14-51)67-46)42(35(58)29(15-52)68-47)71-44-38(61)33(56)26(54)18-64-44/h19-47,51-63H,5-18H2,1-4H3/t19-,20+,21+,22+,23-,24+,25+,26-,27+,28-,29-,30-,31+,32+,33+,34-,35-,36+,37-,38-,39-,40-,41+,42+,43-,44+,45-,46+,47+,48+,49+,50+/m1/s1. The number of hydrogen-bond donors (Lipinski definition) is 13. The van der Waals surface area contributed by atoms with Crippen molar-refractivity contribution < 1.29 is 114 Å². The van der Waals surface area contributed by atoms with E-state index in [1.54, 1.807) is 0 Å². The molecule has 0 unspecified atom stereocenters. The molecule has 0 bridgehead atoms. The maximum absolute atomic E-state index is 11.8. The van der Waals surface area contributed by atoms with E-state index in [2.05, 4.69) is 27.7 Å². The van der Waals surface area contributed by atoms with Crippen molar-refractivity contribution in [2.45, 2.75) is 226 Å². The van der Waals surface area contributed by atoms with Gasteiger partial charge in [0.25, 0.3) is 0 Å². The third-order valence-corrected chi connectivity index (χ3v) is 20.0. The average Bonchev–Trinajstić information content (AvgIpc) is 3.83. The van der Waals surface area contributed by atoms with Crippen LogP contribution in [0.4, 0.5) is 0 Å². The van der Waals surface area contributed by atoms with Crippen molar-refractivity contribution in [2.75, 3.05) is 33.0 Å². The molecule has 0 radical (unpaired) electrons. The first-order valence-electron chi connectivity index (χ1n) is 26.8. The quantitative estimate of drug-likeness (QED) is 0.0902. The van der Waals surface area contributed by atoms with Crippen LogP contribution in [0.15, 0.2) is 0 Å². The Labute approximate surface area is 424 Å². The summed E-state index contributed by atoms with van der Waals surface area (Å²) >= 11 is 0.